The average molecular weight is 237 g/mol. The molecular formula is C10H11N3O4. The first-order chi connectivity index (χ1) is 8.00. The Morgan fingerprint density at radius 3 is 2.65 bits per heavy atom. The second-order valence-electron chi connectivity index (χ2n) is 3.12. The molecule has 7 nitrogen and oxygen atoms in total. The molecule has 17 heavy (non-hydrogen) atoms. The molecule has 1 aromatic heterocycles. The molecule has 0 radical (unpaired) electrons. The maximum absolute atomic E-state index is 11.5. The van der Waals surface area contributed by atoms with E-state index in [1.807, 2.05) is 0 Å². The van der Waals surface area contributed by atoms with E-state index in [-0.39, 0.29) is 5.69 Å². The van der Waals surface area contributed by atoms with E-state index in [1.165, 1.54) is 19.2 Å². The van der Waals surface area contributed by atoms with Gasteiger partial charge < -0.3 is 10.5 Å². The highest BCUT2D eigenvalue weighted by Gasteiger charge is 2.20. The number of ether oxygens (including phenoxy) is 1. The number of amides is 3. The number of carbonyl (C=O) groups is 3. The van der Waals surface area contributed by atoms with Gasteiger partial charge in [0.25, 0.3) is 5.91 Å². The zero-order chi connectivity index (χ0) is 12.8. The van der Waals surface area contributed by atoms with Crippen molar-refractivity contribution in [3.05, 3.63) is 30.1 Å². The largest absolute Gasteiger partial charge is 0.448 e. The van der Waals surface area contributed by atoms with Crippen molar-refractivity contribution in [3.63, 3.8) is 0 Å². The number of esters is 1. The summed E-state index contributed by atoms with van der Waals surface area (Å²) in [7, 11) is 0. The number of primary amides is 1. The number of rotatable bonds is 3. The molecule has 7 heteroatoms. The topological polar surface area (TPSA) is 111 Å². The number of aromatic nitrogens is 1. The van der Waals surface area contributed by atoms with Crippen LogP contribution in [0.3, 0.4) is 0 Å². The summed E-state index contributed by atoms with van der Waals surface area (Å²) in [6.45, 7) is 1.32. The molecule has 0 saturated heterocycles. The fourth-order valence-electron chi connectivity index (χ4n) is 0.981. The van der Waals surface area contributed by atoms with Crippen LogP contribution in [0.1, 0.15) is 17.4 Å². The number of pyridine rings is 1. The van der Waals surface area contributed by atoms with Crippen LogP contribution in [0, 0.1) is 0 Å². The summed E-state index contributed by atoms with van der Waals surface area (Å²) in [4.78, 5) is 36.8. The maximum atomic E-state index is 11.5. The van der Waals surface area contributed by atoms with E-state index < -0.39 is 24.0 Å². The van der Waals surface area contributed by atoms with Gasteiger partial charge >= 0.3 is 12.0 Å². The Bertz CT molecular complexity index is 432. The van der Waals surface area contributed by atoms with Gasteiger partial charge in [0.2, 0.25) is 0 Å². The van der Waals surface area contributed by atoms with Crippen molar-refractivity contribution in [3.8, 4) is 0 Å². The van der Waals surface area contributed by atoms with Gasteiger partial charge in [-0.2, -0.15) is 0 Å². The van der Waals surface area contributed by atoms with Crippen LogP contribution >= 0.6 is 0 Å². The highest BCUT2D eigenvalue weighted by molar-refractivity contribution is 5.97. The Kier molecular flexibility index (Phi) is 4.15. The van der Waals surface area contributed by atoms with Crippen LogP contribution in [0.25, 0.3) is 0 Å². The van der Waals surface area contributed by atoms with E-state index >= 15 is 0 Å². The van der Waals surface area contributed by atoms with Gasteiger partial charge in [0.1, 0.15) is 5.69 Å². The van der Waals surface area contributed by atoms with Gasteiger partial charge in [-0.3, -0.25) is 10.1 Å². The van der Waals surface area contributed by atoms with Crippen LogP contribution in [0.4, 0.5) is 4.79 Å². The first kappa shape index (κ1) is 12.6. The first-order valence-electron chi connectivity index (χ1n) is 4.73. The molecule has 90 valence electrons. The van der Waals surface area contributed by atoms with E-state index in [9.17, 15) is 14.4 Å². The molecule has 0 aromatic carbocycles. The molecule has 0 fully saturated rings. The zero-order valence-corrected chi connectivity index (χ0v) is 9.04. The Morgan fingerprint density at radius 2 is 2.12 bits per heavy atom. The molecule has 3 N–H and O–H groups in total. The van der Waals surface area contributed by atoms with Gasteiger partial charge in [0, 0.05) is 6.20 Å². The maximum Gasteiger partial charge on any atom is 0.357 e. The summed E-state index contributed by atoms with van der Waals surface area (Å²) in [5, 5.41) is 1.80. The van der Waals surface area contributed by atoms with Crippen LogP contribution in [-0.4, -0.2) is 29.0 Å². The van der Waals surface area contributed by atoms with Crippen molar-refractivity contribution in [1.29, 1.82) is 0 Å². The van der Waals surface area contributed by atoms with E-state index in [4.69, 9.17) is 10.5 Å². The lowest BCUT2D eigenvalue weighted by Gasteiger charge is -2.11. The number of nitrogens with one attached hydrogen (secondary N) is 1. The summed E-state index contributed by atoms with van der Waals surface area (Å²) in [6, 6.07) is 3.69. The quantitative estimate of drug-likeness (QED) is 0.708. The van der Waals surface area contributed by atoms with Gasteiger partial charge in [-0.15, -0.1) is 0 Å². The van der Waals surface area contributed by atoms with E-state index in [2.05, 4.69) is 4.98 Å². The zero-order valence-electron chi connectivity index (χ0n) is 9.04. The number of hydrogen-bond acceptors (Lipinski definition) is 5. The van der Waals surface area contributed by atoms with Crippen LogP contribution in [0.5, 0.6) is 0 Å². The third-order valence-electron chi connectivity index (χ3n) is 1.77. The predicted octanol–water partition coefficient (Wildman–Crippen LogP) is -0.178. The van der Waals surface area contributed by atoms with Crippen LogP contribution in [0.15, 0.2) is 24.4 Å². The van der Waals surface area contributed by atoms with Crippen molar-refractivity contribution in [2.45, 2.75) is 13.0 Å². The minimum Gasteiger partial charge on any atom is -0.448 e. The fraction of sp³-hybridized carbons (Fsp3) is 0.200. The minimum atomic E-state index is -1.13. The lowest BCUT2D eigenvalue weighted by atomic mass is 10.3. The van der Waals surface area contributed by atoms with Gasteiger partial charge in [-0.1, -0.05) is 6.07 Å². The summed E-state index contributed by atoms with van der Waals surface area (Å²) < 4.78 is 4.78. The van der Waals surface area contributed by atoms with Gasteiger partial charge in [-0.25, -0.2) is 14.6 Å². The summed E-state index contributed by atoms with van der Waals surface area (Å²) >= 11 is 0. The lowest BCUT2D eigenvalue weighted by Crippen LogP contribution is -2.42. The number of nitrogens with zero attached hydrogens (tertiary/aromatic N) is 1. The summed E-state index contributed by atoms with van der Waals surface area (Å²) in [5.41, 5.74) is 4.82. The molecule has 0 aliphatic rings. The van der Waals surface area contributed by atoms with E-state index in [1.54, 1.807) is 17.4 Å². The lowest BCUT2D eigenvalue weighted by molar-refractivity contribution is -0.127. The minimum absolute atomic E-state index is 0.0752. The van der Waals surface area contributed by atoms with Crippen LogP contribution in [0.2, 0.25) is 0 Å². The Morgan fingerprint density at radius 1 is 1.41 bits per heavy atom. The molecule has 0 aliphatic carbocycles. The molecule has 0 aliphatic heterocycles. The Labute approximate surface area is 97.0 Å². The number of urea groups is 1. The normalized spacial score (nSPS) is 11.4. The molecule has 0 spiro atoms. The van der Waals surface area contributed by atoms with Crippen LogP contribution < -0.4 is 11.1 Å². The SMILES string of the molecule is C[C@@H](OC(=O)c1ccccn1)C(=O)NC(N)=O. The third-order valence-corrected chi connectivity index (χ3v) is 1.77. The van der Waals surface area contributed by atoms with Gasteiger partial charge in [-0.05, 0) is 19.1 Å². The van der Waals surface area contributed by atoms with Crippen LogP contribution in [-0.2, 0) is 9.53 Å². The molecule has 1 rings (SSSR count). The molecule has 0 unspecified atom stereocenters. The van der Waals surface area contributed by atoms with Crippen molar-refractivity contribution in [1.82, 2.24) is 10.3 Å². The molecule has 3 amide bonds. The summed E-state index contributed by atoms with van der Waals surface area (Å²) in [6.07, 6.45) is 0.294. The molecule has 1 aromatic rings. The molecular weight excluding hydrogens is 226 g/mol. The van der Waals surface area contributed by atoms with E-state index in [0.29, 0.717) is 0 Å². The highest BCUT2D eigenvalue weighted by Crippen LogP contribution is 2.00. The van der Waals surface area contributed by atoms with Crippen molar-refractivity contribution >= 4 is 17.9 Å². The molecule has 1 heterocycles. The number of nitrogens with two attached hydrogens (primary N) is 1. The highest BCUT2D eigenvalue weighted by atomic mass is 16.5. The van der Waals surface area contributed by atoms with Crippen molar-refractivity contribution in [2.24, 2.45) is 5.73 Å². The number of hydrogen-bond donors (Lipinski definition) is 2. The van der Waals surface area contributed by atoms with Gasteiger partial charge in [0.05, 0.1) is 0 Å². The van der Waals surface area contributed by atoms with Crippen molar-refractivity contribution < 1.29 is 19.1 Å². The average Bonchev–Trinajstić information content (AvgIpc) is 2.29. The predicted molar refractivity (Wildman–Crippen MR) is 56.8 cm³/mol. The number of carbonyl (C=O) groups excluding carboxylic acids is 3. The van der Waals surface area contributed by atoms with Gasteiger partial charge in [0.15, 0.2) is 6.10 Å². The number of imide groups is 1. The first-order valence-corrected chi connectivity index (χ1v) is 4.73. The molecule has 0 bridgehead atoms. The molecule has 0 saturated carbocycles. The smallest absolute Gasteiger partial charge is 0.357 e. The fourth-order valence-corrected chi connectivity index (χ4v) is 0.981. The van der Waals surface area contributed by atoms with E-state index in [0.717, 1.165) is 0 Å². The Hall–Kier alpha value is -2.44. The third kappa shape index (κ3) is 3.90. The summed E-state index contributed by atoms with van der Waals surface area (Å²) in [5.74, 6) is -1.54. The van der Waals surface area contributed by atoms with Crippen molar-refractivity contribution in [2.75, 3.05) is 0 Å². The second-order valence-corrected chi connectivity index (χ2v) is 3.12. The Balaban J connectivity index is 2.57. The molecule has 1 atom stereocenters. The standard InChI is InChI=1S/C10H11N3O4/c1-6(8(14)13-10(11)16)17-9(15)7-4-2-3-5-12-7/h2-6H,1H3,(H3,11,13,14,16)/t6-/m1/s1. The monoisotopic (exact) mass is 237 g/mol. The second kappa shape index (κ2) is 5.59.